The summed E-state index contributed by atoms with van der Waals surface area (Å²) in [4.78, 5) is 13.6. The average molecular weight is 285 g/mol. The molecule has 2 amide bonds. The molecule has 2 saturated heterocycles. The summed E-state index contributed by atoms with van der Waals surface area (Å²) in [5.74, 6) is 0.582. The summed E-state index contributed by atoms with van der Waals surface area (Å²) in [5.41, 5.74) is 2.84. The fourth-order valence-corrected chi connectivity index (χ4v) is 3.27. The van der Waals surface area contributed by atoms with Gasteiger partial charge in [0.1, 0.15) is 6.33 Å². The molecule has 0 aromatic carbocycles. The van der Waals surface area contributed by atoms with Gasteiger partial charge in [0, 0.05) is 25.6 Å². The van der Waals surface area contributed by atoms with Crippen LogP contribution in [0.1, 0.15) is 24.5 Å². The van der Waals surface area contributed by atoms with Crippen LogP contribution in [-0.4, -0.2) is 51.0 Å². The molecule has 3 aliphatic rings. The van der Waals surface area contributed by atoms with Gasteiger partial charge in [0.25, 0.3) is 0 Å². The van der Waals surface area contributed by atoms with Crippen LogP contribution in [0, 0.1) is 0 Å². The first-order chi connectivity index (χ1) is 10.2. The Bertz CT molecular complexity index is 744. The van der Waals surface area contributed by atoms with E-state index in [1.165, 1.54) is 12.8 Å². The smallest absolute Gasteiger partial charge is 0.315 e. The molecular weight excluding hydrogens is 270 g/mol. The summed E-state index contributed by atoms with van der Waals surface area (Å²) >= 11 is 0. The average Bonchev–Trinajstić information content (AvgIpc) is 3.05. The second-order valence-electron chi connectivity index (χ2n) is 6.27. The maximum atomic E-state index is 11.3. The van der Waals surface area contributed by atoms with Crippen molar-refractivity contribution in [3.05, 3.63) is 18.1 Å². The van der Waals surface area contributed by atoms with E-state index in [-0.39, 0.29) is 11.6 Å². The van der Waals surface area contributed by atoms with Crippen molar-refractivity contribution < 1.29 is 4.79 Å². The molecule has 2 aliphatic heterocycles. The number of carbonyl (C=O) groups is 1. The number of anilines is 1. The zero-order valence-corrected chi connectivity index (χ0v) is 11.4. The number of hydrogen-bond donors (Lipinski definition) is 2. The summed E-state index contributed by atoms with van der Waals surface area (Å²) in [5, 5.41) is 18.6. The lowest BCUT2D eigenvalue weighted by Gasteiger charge is -2.48. The van der Waals surface area contributed by atoms with Crippen molar-refractivity contribution in [2.24, 2.45) is 0 Å². The van der Waals surface area contributed by atoms with Crippen molar-refractivity contribution >= 4 is 17.4 Å². The Morgan fingerprint density at radius 1 is 1.33 bits per heavy atom. The Balaban J connectivity index is 1.50. The molecule has 2 aromatic heterocycles. The molecule has 2 N–H and O–H groups in total. The lowest BCUT2D eigenvalue weighted by Crippen LogP contribution is -2.69. The van der Waals surface area contributed by atoms with Crippen molar-refractivity contribution in [2.75, 3.05) is 24.5 Å². The Labute approximate surface area is 120 Å². The van der Waals surface area contributed by atoms with Crippen LogP contribution in [-0.2, 0) is 0 Å². The molecule has 0 unspecified atom stereocenters. The van der Waals surface area contributed by atoms with Crippen molar-refractivity contribution in [3.63, 3.8) is 0 Å². The van der Waals surface area contributed by atoms with Crippen LogP contribution in [0.25, 0.3) is 5.65 Å². The maximum Gasteiger partial charge on any atom is 0.315 e. The molecule has 8 heteroatoms. The number of urea groups is 1. The fraction of sp³-hybridized carbons (Fsp3) is 0.538. The van der Waals surface area contributed by atoms with Crippen LogP contribution in [0.5, 0.6) is 0 Å². The molecule has 108 valence electrons. The van der Waals surface area contributed by atoms with Crippen LogP contribution < -0.4 is 15.5 Å². The number of amides is 2. The third kappa shape index (κ3) is 1.61. The van der Waals surface area contributed by atoms with Gasteiger partial charge in [-0.2, -0.15) is 9.61 Å². The quantitative estimate of drug-likeness (QED) is 0.803. The zero-order valence-electron chi connectivity index (χ0n) is 11.4. The third-order valence-corrected chi connectivity index (χ3v) is 4.56. The minimum atomic E-state index is -0.128. The number of nitrogens with one attached hydrogen (secondary N) is 2. The number of nitrogens with zero attached hydrogens (tertiary/aromatic N) is 5. The van der Waals surface area contributed by atoms with E-state index in [9.17, 15) is 4.79 Å². The van der Waals surface area contributed by atoms with E-state index in [0.717, 1.165) is 30.1 Å². The predicted molar refractivity (Wildman–Crippen MR) is 74.2 cm³/mol. The standard InChI is InChI=1S/C13H15N7O/c21-12-14-4-13(16-12)5-19(6-13)10-3-9(8-1-2-8)18-20-7-15-17-11(10)20/h3,7-8H,1-2,4-6H2,(H2,14,16,21). The first kappa shape index (κ1) is 11.3. The van der Waals surface area contributed by atoms with Gasteiger partial charge in [0.15, 0.2) is 0 Å². The second kappa shape index (κ2) is 3.63. The summed E-state index contributed by atoms with van der Waals surface area (Å²) in [7, 11) is 0. The third-order valence-electron chi connectivity index (χ3n) is 4.56. The van der Waals surface area contributed by atoms with E-state index in [4.69, 9.17) is 0 Å². The molecular formula is C13H15N7O. The highest BCUT2D eigenvalue weighted by Gasteiger charge is 2.48. The van der Waals surface area contributed by atoms with E-state index in [2.05, 4.69) is 36.9 Å². The highest BCUT2D eigenvalue weighted by Crippen LogP contribution is 2.41. The Morgan fingerprint density at radius 2 is 2.19 bits per heavy atom. The van der Waals surface area contributed by atoms with Gasteiger partial charge in [-0.05, 0) is 18.9 Å². The molecule has 2 aromatic rings. The van der Waals surface area contributed by atoms with Crippen LogP contribution in [0.15, 0.2) is 12.4 Å². The molecule has 0 bridgehead atoms. The normalized spacial score (nSPS) is 23.2. The number of rotatable bonds is 2. The van der Waals surface area contributed by atoms with Gasteiger partial charge in [-0.25, -0.2) is 4.79 Å². The van der Waals surface area contributed by atoms with Crippen molar-refractivity contribution in [1.82, 2.24) is 30.4 Å². The monoisotopic (exact) mass is 285 g/mol. The summed E-state index contributed by atoms with van der Waals surface area (Å²) in [6.07, 6.45) is 4.08. The predicted octanol–water partition coefficient (Wildman–Crippen LogP) is -0.127. The maximum absolute atomic E-state index is 11.3. The molecule has 1 spiro atoms. The molecule has 5 rings (SSSR count). The molecule has 4 heterocycles. The van der Waals surface area contributed by atoms with E-state index in [1.54, 1.807) is 10.8 Å². The highest BCUT2D eigenvalue weighted by molar-refractivity contribution is 5.80. The molecule has 8 nitrogen and oxygen atoms in total. The van der Waals surface area contributed by atoms with Crippen molar-refractivity contribution in [2.45, 2.75) is 24.3 Å². The second-order valence-corrected chi connectivity index (χ2v) is 6.27. The van der Waals surface area contributed by atoms with E-state index < -0.39 is 0 Å². The van der Waals surface area contributed by atoms with Crippen molar-refractivity contribution in [1.29, 1.82) is 0 Å². The summed E-state index contributed by atoms with van der Waals surface area (Å²) < 4.78 is 1.76. The van der Waals surface area contributed by atoms with Gasteiger partial charge < -0.3 is 15.5 Å². The van der Waals surface area contributed by atoms with Gasteiger partial charge in [-0.3, -0.25) is 0 Å². The topological polar surface area (TPSA) is 87.5 Å². The van der Waals surface area contributed by atoms with E-state index in [0.29, 0.717) is 12.5 Å². The zero-order chi connectivity index (χ0) is 14.0. The number of carbonyl (C=O) groups excluding carboxylic acids is 1. The van der Waals surface area contributed by atoms with E-state index in [1.807, 2.05) is 0 Å². The molecule has 0 atom stereocenters. The van der Waals surface area contributed by atoms with Gasteiger partial charge >= 0.3 is 6.03 Å². The minimum absolute atomic E-state index is 0.0735. The number of hydrogen-bond acceptors (Lipinski definition) is 5. The lowest BCUT2D eigenvalue weighted by atomic mass is 9.90. The fourth-order valence-electron chi connectivity index (χ4n) is 3.27. The Hall–Kier alpha value is -2.38. The van der Waals surface area contributed by atoms with Gasteiger partial charge in [-0.1, -0.05) is 0 Å². The number of aromatic nitrogens is 4. The Morgan fingerprint density at radius 3 is 2.90 bits per heavy atom. The van der Waals surface area contributed by atoms with Crippen molar-refractivity contribution in [3.8, 4) is 0 Å². The summed E-state index contributed by atoms with van der Waals surface area (Å²) in [6.45, 7) is 2.27. The molecule has 1 saturated carbocycles. The van der Waals surface area contributed by atoms with Gasteiger partial charge in [0.05, 0.1) is 16.9 Å². The van der Waals surface area contributed by atoms with Gasteiger partial charge in [-0.15, -0.1) is 10.2 Å². The SMILES string of the molecule is O=C1NCC2(CN(c3cc(C4CC4)nn4cnnc34)C2)N1. The van der Waals surface area contributed by atoms with E-state index >= 15 is 0 Å². The van der Waals surface area contributed by atoms with Crippen LogP contribution in [0.2, 0.25) is 0 Å². The summed E-state index contributed by atoms with van der Waals surface area (Å²) in [6, 6.07) is 2.06. The highest BCUT2D eigenvalue weighted by atomic mass is 16.2. The first-order valence-electron chi connectivity index (χ1n) is 7.24. The van der Waals surface area contributed by atoms with Crippen LogP contribution in [0.4, 0.5) is 10.5 Å². The number of fused-ring (bicyclic) bond motifs is 1. The molecule has 3 fully saturated rings. The lowest BCUT2D eigenvalue weighted by molar-refractivity contribution is 0.240. The minimum Gasteiger partial charge on any atom is -0.363 e. The molecule has 21 heavy (non-hydrogen) atoms. The van der Waals surface area contributed by atoms with Gasteiger partial charge in [0.2, 0.25) is 5.65 Å². The molecule has 1 aliphatic carbocycles. The largest absolute Gasteiger partial charge is 0.363 e. The first-order valence-corrected chi connectivity index (χ1v) is 7.24. The van der Waals surface area contributed by atoms with Crippen LogP contribution in [0.3, 0.4) is 0 Å². The molecule has 0 radical (unpaired) electrons. The Kier molecular flexibility index (Phi) is 1.95. The van der Waals surface area contributed by atoms with Crippen LogP contribution >= 0.6 is 0 Å².